The van der Waals surface area contributed by atoms with E-state index in [0.29, 0.717) is 11.4 Å². The zero-order chi connectivity index (χ0) is 16.7. The summed E-state index contributed by atoms with van der Waals surface area (Å²) in [7, 11) is 0. The topological polar surface area (TPSA) is 68.1 Å². The molecule has 1 aromatic heterocycles. The number of hydrogen-bond acceptors (Lipinski definition) is 4. The summed E-state index contributed by atoms with van der Waals surface area (Å²) in [5.74, 6) is -1.59. The van der Waals surface area contributed by atoms with Crippen molar-refractivity contribution in [3.8, 4) is 5.69 Å². The van der Waals surface area contributed by atoms with Crippen LogP contribution >= 0.6 is 11.6 Å². The number of amides is 2. The van der Waals surface area contributed by atoms with Crippen LogP contribution in [0.5, 0.6) is 0 Å². The number of rotatable bonds is 3. The fourth-order valence-corrected chi connectivity index (χ4v) is 2.65. The highest BCUT2D eigenvalue weighted by Crippen LogP contribution is 2.26. The molecule has 0 N–H and O–H groups in total. The van der Waals surface area contributed by atoms with Gasteiger partial charge in [0, 0.05) is 11.8 Å². The van der Waals surface area contributed by atoms with Crippen molar-refractivity contribution in [2.75, 3.05) is 0 Å². The molecule has 6 nitrogen and oxygen atoms in total. The van der Waals surface area contributed by atoms with Gasteiger partial charge in [-0.3, -0.25) is 14.5 Å². The molecule has 2 amide bonds. The largest absolute Gasteiger partial charge is 0.276 e. The van der Waals surface area contributed by atoms with Crippen LogP contribution in [0.4, 0.5) is 4.39 Å². The Balaban J connectivity index is 1.81. The molecular formula is C15H14ClFN4O2. The number of nitrogens with zero attached hydrogens (tertiary/aromatic N) is 4. The molecule has 2 heterocycles. The first kappa shape index (κ1) is 15.6. The summed E-state index contributed by atoms with van der Waals surface area (Å²) >= 11 is 5.74. The van der Waals surface area contributed by atoms with Gasteiger partial charge in [0.25, 0.3) is 0 Å². The number of benzene rings is 1. The highest BCUT2D eigenvalue weighted by atomic mass is 35.5. The Bertz CT molecular complexity index is 772. The lowest BCUT2D eigenvalue weighted by Gasteiger charge is -2.11. The van der Waals surface area contributed by atoms with Gasteiger partial charge in [-0.1, -0.05) is 30.7 Å². The van der Waals surface area contributed by atoms with E-state index in [2.05, 4.69) is 10.3 Å². The van der Waals surface area contributed by atoms with Gasteiger partial charge in [-0.05, 0) is 18.2 Å². The number of halogens is 2. The smallest absolute Gasteiger partial charge is 0.233 e. The predicted octanol–water partition coefficient (Wildman–Crippen LogP) is 2.20. The van der Waals surface area contributed by atoms with Gasteiger partial charge >= 0.3 is 0 Å². The molecule has 0 unspecified atom stereocenters. The van der Waals surface area contributed by atoms with E-state index in [-0.39, 0.29) is 35.2 Å². The van der Waals surface area contributed by atoms with E-state index in [9.17, 15) is 14.0 Å². The maximum absolute atomic E-state index is 13.2. The van der Waals surface area contributed by atoms with Crippen molar-refractivity contribution in [2.45, 2.75) is 20.4 Å². The van der Waals surface area contributed by atoms with Crippen molar-refractivity contribution in [3.63, 3.8) is 0 Å². The molecule has 1 aliphatic rings. The fourth-order valence-electron chi connectivity index (χ4n) is 2.47. The Morgan fingerprint density at radius 2 is 1.87 bits per heavy atom. The average molecular weight is 337 g/mol. The Labute approximate surface area is 136 Å². The summed E-state index contributed by atoms with van der Waals surface area (Å²) in [6.07, 6.45) is 1.58. The maximum atomic E-state index is 13.2. The molecule has 3 rings (SSSR count). The second-order valence-electron chi connectivity index (χ2n) is 5.59. The van der Waals surface area contributed by atoms with Crippen LogP contribution in [0.1, 0.15) is 19.5 Å². The zero-order valence-electron chi connectivity index (χ0n) is 12.5. The summed E-state index contributed by atoms with van der Waals surface area (Å²) < 4.78 is 14.6. The third kappa shape index (κ3) is 2.72. The van der Waals surface area contributed by atoms with E-state index in [1.165, 1.54) is 27.8 Å². The van der Waals surface area contributed by atoms with Crippen LogP contribution in [0.25, 0.3) is 5.69 Å². The molecule has 0 bridgehead atoms. The van der Waals surface area contributed by atoms with Crippen molar-refractivity contribution in [1.29, 1.82) is 0 Å². The van der Waals surface area contributed by atoms with Crippen LogP contribution in [0.3, 0.4) is 0 Å². The van der Waals surface area contributed by atoms with Crippen molar-refractivity contribution in [1.82, 2.24) is 19.9 Å². The van der Waals surface area contributed by atoms with Gasteiger partial charge in [0.2, 0.25) is 11.8 Å². The first-order valence-corrected chi connectivity index (χ1v) is 7.48. The third-order valence-corrected chi connectivity index (χ3v) is 4.38. The minimum absolute atomic E-state index is 0.0212. The molecular weight excluding hydrogens is 323 g/mol. The predicted molar refractivity (Wildman–Crippen MR) is 80.2 cm³/mol. The highest BCUT2D eigenvalue weighted by Gasteiger charge is 2.42. The van der Waals surface area contributed by atoms with Gasteiger partial charge in [-0.15, -0.1) is 5.10 Å². The summed E-state index contributed by atoms with van der Waals surface area (Å²) in [5.41, 5.74) is 1.00. The van der Waals surface area contributed by atoms with E-state index < -0.39 is 5.82 Å². The van der Waals surface area contributed by atoms with E-state index in [1.54, 1.807) is 20.0 Å². The first-order chi connectivity index (χ1) is 10.9. The lowest BCUT2D eigenvalue weighted by Crippen LogP contribution is -2.30. The molecule has 1 aliphatic heterocycles. The normalized spacial score (nSPS) is 21.3. The van der Waals surface area contributed by atoms with Crippen molar-refractivity contribution < 1.29 is 14.0 Å². The van der Waals surface area contributed by atoms with Crippen molar-refractivity contribution >= 4 is 23.4 Å². The van der Waals surface area contributed by atoms with Crippen molar-refractivity contribution in [2.24, 2.45) is 11.8 Å². The van der Waals surface area contributed by atoms with E-state index in [4.69, 9.17) is 11.6 Å². The van der Waals surface area contributed by atoms with Crippen molar-refractivity contribution in [3.05, 3.63) is 40.9 Å². The molecule has 0 saturated carbocycles. The van der Waals surface area contributed by atoms with Gasteiger partial charge in [0.05, 0.1) is 23.5 Å². The maximum Gasteiger partial charge on any atom is 0.233 e. The standard InChI is InChI=1S/C15H14ClFN4O2/c1-8-9(2)15(23)20(14(8)22)6-10-7-21(19-18-10)11-3-4-13(17)12(16)5-11/h3-5,7-9H,6H2,1-2H3/t8-,9+. The van der Waals surface area contributed by atoms with Gasteiger partial charge in [0.1, 0.15) is 11.5 Å². The minimum atomic E-state index is -0.521. The molecule has 1 fully saturated rings. The summed E-state index contributed by atoms with van der Waals surface area (Å²) in [5, 5.41) is 7.86. The van der Waals surface area contributed by atoms with Crippen LogP contribution in [0, 0.1) is 17.7 Å². The highest BCUT2D eigenvalue weighted by molar-refractivity contribution is 6.30. The number of aromatic nitrogens is 3. The SMILES string of the molecule is C[C@@H]1C(=O)N(Cc2cn(-c3ccc(F)c(Cl)c3)nn2)C(=O)[C@@H]1C. The Morgan fingerprint density at radius 3 is 2.48 bits per heavy atom. The zero-order valence-corrected chi connectivity index (χ0v) is 13.3. The fraction of sp³-hybridized carbons (Fsp3) is 0.333. The molecule has 8 heteroatoms. The molecule has 2 atom stereocenters. The van der Waals surface area contributed by atoms with E-state index in [0.717, 1.165) is 0 Å². The summed E-state index contributed by atoms with van der Waals surface area (Å²) in [6, 6.07) is 4.16. The number of hydrogen-bond donors (Lipinski definition) is 0. The molecule has 120 valence electrons. The monoisotopic (exact) mass is 336 g/mol. The van der Waals surface area contributed by atoms with E-state index >= 15 is 0 Å². The molecule has 1 aromatic carbocycles. The second kappa shape index (κ2) is 5.73. The Morgan fingerprint density at radius 1 is 1.22 bits per heavy atom. The molecule has 1 saturated heterocycles. The van der Waals surface area contributed by atoms with Crippen LogP contribution in [-0.4, -0.2) is 31.7 Å². The van der Waals surface area contributed by atoms with Gasteiger partial charge in [0.15, 0.2) is 0 Å². The Hall–Kier alpha value is -2.28. The van der Waals surface area contributed by atoms with E-state index in [1.807, 2.05) is 0 Å². The average Bonchev–Trinajstić information content (AvgIpc) is 3.06. The minimum Gasteiger partial charge on any atom is -0.276 e. The van der Waals surface area contributed by atoms with Gasteiger partial charge in [-0.25, -0.2) is 9.07 Å². The lowest BCUT2D eigenvalue weighted by molar-refractivity contribution is -0.140. The first-order valence-electron chi connectivity index (χ1n) is 7.10. The van der Waals surface area contributed by atoms with Gasteiger partial charge in [-0.2, -0.15) is 0 Å². The second-order valence-corrected chi connectivity index (χ2v) is 6.00. The van der Waals surface area contributed by atoms with Crippen LogP contribution in [0.15, 0.2) is 24.4 Å². The Kier molecular flexibility index (Phi) is 3.89. The number of carbonyl (C=O) groups excluding carboxylic acids is 2. The van der Waals surface area contributed by atoms with Gasteiger partial charge < -0.3 is 0 Å². The van der Waals surface area contributed by atoms with Crippen LogP contribution in [0.2, 0.25) is 5.02 Å². The third-order valence-electron chi connectivity index (χ3n) is 4.09. The summed E-state index contributed by atoms with van der Waals surface area (Å²) in [6.45, 7) is 3.55. The molecule has 0 spiro atoms. The number of likely N-dealkylation sites (tertiary alicyclic amines) is 1. The molecule has 23 heavy (non-hydrogen) atoms. The molecule has 2 aromatic rings. The number of imide groups is 1. The molecule has 0 aliphatic carbocycles. The summed E-state index contributed by atoms with van der Waals surface area (Å²) in [4.78, 5) is 25.4. The lowest BCUT2D eigenvalue weighted by atomic mass is 10.00. The quantitative estimate of drug-likeness (QED) is 0.806. The molecule has 0 radical (unpaired) electrons. The number of carbonyl (C=O) groups is 2. The van der Waals surface area contributed by atoms with Crippen LogP contribution < -0.4 is 0 Å². The van der Waals surface area contributed by atoms with Crippen LogP contribution in [-0.2, 0) is 16.1 Å².